The molecular weight excluding hydrogens is 312 g/mol. The van der Waals surface area contributed by atoms with Crippen molar-refractivity contribution in [3.8, 4) is 0 Å². The van der Waals surface area contributed by atoms with Gasteiger partial charge in [0, 0.05) is 16.7 Å². The molecule has 0 saturated carbocycles. The Balaban J connectivity index is 2.18. The number of hydrogen-bond acceptors (Lipinski definition) is 2. The zero-order valence-corrected chi connectivity index (χ0v) is 13.4. The van der Waals surface area contributed by atoms with Gasteiger partial charge in [-0.3, -0.25) is 0 Å². The normalized spacial score (nSPS) is 13.8. The standard InChI is InChI=1S/C17H21BrN2/c1-2-17(13-19,12-14-6-4-3-5-7-14)20-16-10-8-15(18)9-11-16/h3-11,20H,2,12-13,19H2,1H3. The number of halogens is 1. The molecule has 2 aromatic carbocycles. The van der Waals surface area contributed by atoms with Crippen LogP contribution in [0.2, 0.25) is 0 Å². The number of rotatable bonds is 6. The lowest BCUT2D eigenvalue weighted by Gasteiger charge is -2.34. The van der Waals surface area contributed by atoms with Gasteiger partial charge in [-0.25, -0.2) is 0 Å². The maximum atomic E-state index is 6.07. The molecule has 2 aromatic rings. The van der Waals surface area contributed by atoms with Crippen LogP contribution < -0.4 is 11.1 Å². The van der Waals surface area contributed by atoms with Crippen molar-refractivity contribution in [2.75, 3.05) is 11.9 Å². The minimum atomic E-state index is -0.102. The van der Waals surface area contributed by atoms with Gasteiger partial charge >= 0.3 is 0 Å². The van der Waals surface area contributed by atoms with Crippen LogP contribution in [-0.4, -0.2) is 12.1 Å². The summed E-state index contributed by atoms with van der Waals surface area (Å²) < 4.78 is 1.08. The predicted octanol–water partition coefficient (Wildman–Crippen LogP) is 4.21. The van der Waals surface area contributed by atoms with Crippen molar-refractivity contribution >= 4 is 21.6 Å². The number of benzene rings is 2. The SMILES string of the molecule is CCC(CN)(Cc1ccccc1)Nc1ccc(Br)cc1. The van der Waals surface area contributed by atoms with Gasteiger partial charge in [-0.1, -0.05) is 53.2 Å². The maximum absolute atomic E-state index is 6.07. The van der Waals surface area contributed by atoms with E-state index in [-0.39, 0.29) is 5.54 Å². The molecule has 2 rings (SSSR count). The van der Waals surface area contributed by atoms with Gasteiger partial charge in [0.2, 0.25) is 0 Å². The molecule has 3 N–H and O–H groups in total. The molecule has 0 radical (unpaired) electrons. The van der Waals surface area contributed by atoms with Crippen LogP contribution in [0, 0.1) is 0 Å². The van der Waals surface area contributed by atoms with Crippen molar-refractivity contribution in [3.05, 3.63) is 64.6 Å². The third-order valence-electron chi connectivity index (χ3n) is 3.71. The fourth-order valence-corrected chi connectivity index (χ4v) is 2.62. The van der Waals surface area contributed by atoms with Gasteiger partial charge in [0.25, 0.3) is 0 Å². The molecule has 3 heteroatoms. The lowest BCUT2D eigenvalue weighted by Crippen LogP contribution is -2.47. The molecular formula is C17H21BrN2. The molecule has 106 valence electrons. The molecule has 20 heavy (non-hydrogen) atoms. The van der Waals surface area contributed by atoms with Crippen molar-refractivity contribution in [2.24, 2.45) is 5.73 Å². The summed E-state index contributed by atoms with van der Waals surface area (Å²) >= 11 is 3.46. The Bertz CT molecular complexity index is 518. The first-order chi connectivity index (χ1) is 9.67. The smallest absolute Gasteiger partial charge is 0.0533 e. The minimum Gasteiger partial charge on any atom is -0.378 e. The zero-order valence-electron chi connectivity index (χ0n) is 11.8. The topological polar surface area (TPSA) is 38.0 Å². The van der Waals surface area contributed by atoms with Crippen LogP contribution in [0.4, 0.5) is 5.69 Å². The number of nitrogens with two attached hydrogens (primary N) is 1. The van der Waals surface area contributed by atoms with Crippen molar-refractivity contribution in [1.29, 1.82) is 0 Å². The van der Waals surface area contributed by atoms with Crippen molar-refractivity contribution < 1.29 is 0 Å². The summed E-state index contributed by atoms with van der Waals surface area (Å²) in [5, 5.41) is 3.62. The molecule has 0 aromatic heterocycles. The van der Waals surface area contributed by atoms with Gasteiger partial charge in [0.1, 0.15) is 0 Å². The van der Waals surface area contributed by atoms with Crippen LogP contribution in [0.1, 0.15) is 18.9 Å². The van der Waals surface area contributed by atoms with E-state index in [9.17, 15) is 0 Å². The van der Waals surface area contributed by atoms with E-state index in [0.29, 0.717) is 6.54 Å². The largest absolute Gasteiger partial charge is 0.378 e. The fourth-order valence-electron chi connectivity index (χ4n) is 2.35. The van der Waals surface area contributed by atoms with Crippen LogP contribution in [0.25, 0.3) is 0 Å². The first-order valence-electron chi connectivity index (χ1n) is 6.95. The van der Waals surface area contributed by atoms with Gasteiger partial charge in [0.15, 0.2) is 0 Å². The Morgan fingerprint density at radius 2 is 1.70 bits per heavy atom. The lowest BCUT2D eigenvalue weighted by molar-refractivity contribution is 0.457. The summed E-state index contributed by atoms with van der Waals surface area (Å²) in [5.74, 6) is 0. The molecule has 0 bridgehead atoms. The summed E-state index contributed by atoms with van der Waals surface area (Å²) in [5.41, 5.74) is 8.39. The van der Waals surface area contributed by atoms with Gasteiger partial charge in [-0.05, 0) is 42.7 Å². The maximum Gasteiger partial charge on any atom is 0.0533 e. The van der Waals surface area contributed by atoms with Gasteiger partial charge in [-0.2, -0.15) is 0 Å². The number of anilines is 1. The summed E-state index contributed by atoms with van der Waals surface area (Å²) in [7, 11) is 0. The molecule has 2 nitrogen and oxygen atoms in total. The van der Waals surface area contributed by atoms with Crippen molar-refractivity contribution in [2.45, 2.75) is 25.3 Å². The van der Waals surface area contributed by atoms with Crippen LogP contribution in [0.5, 0.6) is 0 Å². The van der Waals surface area contributed by atoms with E-state index in [0.717, 1.165) is 23.0 Å². The summed E-state index contributed by atoms with van der Waals surface area (Å²) in [6.07, 6.45) is 1.91. The minimum absolute atomic E-state index is 0.102. The molecule has 0 amide bonds. The zero-order chi connectivity index (χ0) is 14.4. The summed E-state index contributed by atoms with van der Waals surface area (Å²) in [6, 6.07) is 18.8. The lowest BCUT2D eigenvalue weighted by atomic mass is 9.88. The van der Waals surface area contributed by atoms with Crippen LogP contribution in [-0.2, 0) is 6.42 Å². The third kappa shape index (κ3) is 3.84. The number of nitrogens with one attached hydrogen (secondary N) is 1. The van der Waals surface area contributed by atoms with E-state index in [2.05, 4.69) is 64.6 Å². The number of hydrogen-bond donors (Lipinski definition) is 2. The molecule has 0 aliphatic rings. The van der Waals surface area contributed by atoms with Gasteiger partial charge < -0.3 is 11.1 Å². The van der Waals surface area contributed by atoms with Gasteiger partial charge in [0.05, 0.1) is 5.54 Å². The third-order valence-corrected chi connectivity index (χ3v) is 4.24. The monoisotopic (exact) mass is 332 g/mol. The highest BCUT2D eigenvalue weighted by Crippen LogP contribution is 2.24. The van der Waals surface area contributed by atoms with Gasteiger partial charge in [-0.15, -0.1) is 0 Å². The highest BCUT2D eigenvalue weighted by molar-refractivity contribution is 9.10. The second-order valence-corrected chi connectivity index (χ2v) is 6.05. The van der Waals surface area contributed by atoms with Crippen LogP contribution >= 0.6 is 15.9 Å². The Hall–Kier alpha value is -1.32. The second-order valence-electron chi connectivity index (χ2n) is 5.13. The van der Waals surface area contributed by atoms with E-state index in [1.165, 1.54) is 5.56 Å². The van der Waals surface area contributed by atoms with E-state index >= 15 is 0 Å². The van der Waals surface area contributed by atoms with Crippen molar-refractivity contribution in [1.82, 2.24) is 0 Å². The fraction of sp³-hybridized carbons (Fsp3) is 0.294. The van der Waals surface area contributed by atoms with Crippen molar-refractivity contribution in [3.63, 3.8) is 0 Å². The molecule has 1 unspecified atom stereocenters. The predicted molar refractivity (Wildman–Crippen MR) is 90.0 cm³/mol. The van der Waals surface area contributed by atoms with E-state index in [1.54, 1.807) is 0 Å². The molecule has 0 fully saturated rings. The second kappa shape index (κ2) is 6.91. The first-order valence-corrected chi connectivity index (χ1v) is 7.74. The quantitative estimate of drug-likeness (QED) is 0.831. The van der Waals surface area contributed by atoms with Crippen LogP contribution in [0.3, 0.4) is 0 Å². The average Bonchev–Trinajstić information content (AvgIpc) is 2.50. The molecule has 0 heterocycles. The molecule has 0 saturated heterocycles. The molecule has 1 atom stereocenters. The molecule has 0 spiro atoms. The van der Waals surface area contributed by atoms with E-state index < -0.39 is 0 Å². The highest BCUT2D eigenvalue weighted by Gasteiger charge is 2.26. The first kappa shape index (κ1) is 15.1. The molecule has 0 aliphatic carbocycles. The Kier molecular flexibility index (Phi) is 5.21. The summed E-state index contributed by atoms with van der Waals surface area (Å²) in [4.78, 5) is 0. The summed E-state index contributed by atoms with van der Waals surface area (Å²) in [6.45, 7) is 2.79. The van der Waals surface area contributed by atoms with E-state index in [1.807, 2.05) is 18.2 Å². The Morgan fingerprint density at radius 3 is 2.25 bits per heavy atom. The average molecular weight is 333 g/mol. The van der Waals surface area contributed by atoms with Crippen LogP contribution in [0.15, 0.2) is 59.1 Å². The molecule has 0 aliphatic heterocycles. The Morgan fingerprint density at radius 1 is 1.05 bits per heavy atom. The van der Waals surface area contributed by atoms with E-state index in [4.69, 9.17) is 5.73 Å². The highest BCUT2D eigenvalue weighted by atomic mass is 79.9. The Labute approximate surface area is 129 Å².